The first-order valence-electron chi connectivity index (χ1n) is 9.17. The zero-order chi connectivity index (χ0) is 21.3. The number of halogens is 1. The van der Waals surface area contributed by atoms with Crippen LogP contribution in [0.1, 0.15) is 26.3 Å². The fourth-order valence-electron chi connectivity index (χ4n) is 2.65. The van der Waals surface area contributed by atoms with Gasteiger partial charge in [0.1, 0.15) is 0 Å². The van der Waals surface area contributed by atoms with Crippen molar-refractivity contribution in [2.75, 3.05) is 11.9 Å². The van der Waals surface area contributed by atoms with Crippen molar-refractivity contribution in [2.24, 2.45) is 0 Å². The Hall–Kier alpha value is -3.64. The summed E-state index contributed by atoms with van der Waals surface area (Å²) in [6.07, 6.45) is 0. The van der Waals surface area contributed by atoms with Gasteiger partial charge in [-0.2, -0.15) is 0 Å². The molecule has 7 heteroatoms. The molecule has 0 heterocycles. The van der Waals surface area contributed by atoms with Crippen LogP contribution in [-0.4, -0.2) is 24.4 Å². The largest absolute Gasteiger partial charge is 0.452 e. The number of hydrogen-bond donors (Lipinski definition) is 2. The third kappa shape index (κ3) is 5.68. The summed E-state index contributed by atoms with van der Waals surface area (Å²) in [5.41, 5.74) is 1.67. The summed E-state index contributed by atoms with van der Waals surface area (Å²) in [5.74, 6) is -1.53. The van der Waals surface area contributed by atoms with Crippen LogP contribution in [0.3, 0.4) is 0 Å². The highest BCUT2D eigenvalue weighted by Crippen LogP contribution is 2.18. The standard InChI is InChI=1S/C23H19ClN2O4/c24-19-12-6-4-10-17(19)14-25-21(27)15-30-23(29)18-11-5-7-13-20(18)26-22(28)16-8-2-1-3-9-16/h1-13H,14-15H2,(H,25,27)(H,26,28). The van der Waals surface area contributed by atoms with E-state index in [1.54, 1.807) is 66.7 Å². The van der Waals surface area contributed by atoms with Gasteiger partial charge in [-0.15, -0.1) is 0 Å². The molecule has 2 N–H and O–H groups in total. The molecule has 3 aromatic rings. The van der Waals surface area contributed by atoms with Gasteiger partial charge in [0, 0.05) is 17.1 Å². The second-order valence-corrected chi connectivity index (χ2v) is 6.72. The number of ether oxygens (including phenoxy) is 1. The van der Waals surface area contributed by atoms with Gasteiger partial charge in [-0.05, 0) is 35.9 Å². The average molecular weight is 423 g/mol. The van der Waals surface area contributed by atoms with Crippen molar-refractivity contribution >= 4 is 35.1 Å². The van der Waals surface area contributed by atoms with Crippen molar-refractivity contribution < 1.29 is 19.1 Å². The number of anilines is 1. The fourth-order valence-corrected chi connectivity index (χ4v) is 2.85. The molecule has 0 unspecified atom stereocenters. The molecule has 0 saturated carbocycles. The molecule has 0 fully saturated rings. The summed E-state index contributed by atoms with van der Waals surface area (Å²) in [4.78, 5) is 36.8. The Morgan fingerprint density at radius 1 is 0.833 bits per heavy atom. The summed E-state index contributed by atoms with van der Waals surface area (Å²) in [7, 11) is 0. The minimum Gasteiger partial charge on any atom is -0.452 e. The lowest BCUT2D eigenvalue weighted by atomic mass is 10.1. The van der Waals surface area contributed by atoms with Crippen molar-refractivity contribution in [1.82, 2.24) is 5.32 Å². The number of hydrogen-bond acceptors (Lipinski definition) is 4. The highest BCUT2D eigenvalue weighted by Gasteiger charge is 2.16. The van der Waals surface area contributed by atoms with Crippen LogP contribution in [0.15, 0.2) is 78.9 Å². The summed E-state index contributed by atoms with van der Waals surface area (Å²) in [6.45, 7) is -0.232. The predicted octanol–water partition coefficient (Wildman–Crippen LogP) is 4.07. The number of amides is 2. The van der Waals surface area contributed by atoms with Gasteiger partial charge in [-0.25, -0.2) is 4.79 Å². The number of carbonyl (C=O) groups excluding carboxylic acids is 3. The van der Waals surface area contributed by atoms with E-state index in [9.17, 15) is 14.4 Å². The van der Waals surface area contributed by atoms with Crippen molar-refractivity contribution in [2.45, 2.75) is 6.54 Å². The monoisotopic (exact) mass is 422 g/mol. The zero-order valence-corrected chi connectivity index (χ0v) is 16.7. The van der Waals surface area contributed by atoms with E-state index in [-0.39, 0.29) is 18.0 Å². The number of nitrogens with one attached hydrogen (secondary N) is 2. The number of rotatable bonds is 7. The van der Waals surface area contributed by atoms with Crippen LogP contribution in [0.25, 0.3) is 0 Å². The van der Waals surface area contributed by atoms with Crippen LogP contribution in [-0.2, 0) is 16.1 Å². The smallest absolute Gasteiger partial charge is 0.340 e. The van der Waals surface area contributed by atoms with E-state index in [0.29, 0.717) is 16.3 Å². The van der Waals surface area contributed by atoms with Gasteiger partial charge in [0.05, 0.1) is 11.3 Å². The molecule has 152 valence electrons. The lowest BCUT2D eigenvalue weighted by molar-refractivity contribution is -0.124. The van der Waals surface area contributed by atoms with Crippen LogP contribution in [0.4, 0.5) is 5.69 Å². The first-order valence-corrected chi connectivity index (χ1v) is 9.55. The Morgan fingerprint density at radius 3 is 2.27 bits per heavy atom. The molecule has 30 heavy (non-hydrogen) atoms. The maximum absolute atomic E-state index is 12.4. The van der Waals surface area contributed by atoms with Crippen molar-refractivity contribution in [3.05, 3.63) is 101 Å². The molecule has 3 aromatic carbocycles. The number of benzene rings is 3. The second kappa shape index (κ2) is 10.2. The Labute approximate surface area is 178 Å². The highest BCUT2D eigenvalue weighted by molar-refractivity contribution is 6.31. The van der Waals surface area contributed by atoms with E-state index in [4.69, 9.17) is 16.3 Å². The molecule has 0 aliphatic heterocycles. The summed E-state index contributed by atoms with van der Waals surface area (Å²) in [5, 5.41) is 5.88. The van der Waals surface area contributed by atoms with E-state index >= 15 is 0 Å². The molecule has 0 spiro atoms. The molecule has 2 amide bonds. The van der Waals surface area contributed by atoms with E-state index in [0.717, 1.165) is 5.56 Å². The second-order valence-electron chi connectivity index (χ2n) is 6.31. The first kappa shape index (κ1) is 21.1. The topological polar surface area (TPSA) is 84.5 Å². The molecular formula is C23H19ClN2O4. The quantitative estimate of drug-likeness (QED) is 0.562. The third-order valence-corrected chi connectivity index (χ3v) is 4.57. The lowest BCUT2D eigenvalue weighted by Gasteiger charge is -2.11. The summed E-state index contributed by atoms with van der Waals surface area (Å²) in [6, 6.07) is 22.2. The number of esters is 1. The van der Waals surface area contributed by atoms with Gasteiger partial charge < -0.3 is 15.4 Å². The van der Waals surface area contributed by atoms with E-state index in [1.165, 1.54) is 6.07 Å². The summed E-state index contributed by atoms with van der Waals surface area (Å²) < 4.78 is 5.10. The summed E-state index contributed by atoms with van der Waals surface area (Å²) >= 11 is 6.05. The van der Waals surface area contributed by atoms with E-state index in [2.05, 4.69) is 10.6 Å². The normalized spacial score (nSPS) is 10.2. The first-order chi connectivity index (χ1) is 14.5. The molecule has 0 saturated heterocycles. The van der Waals surface area contributed by atoms with Gasteiger partial charge in [0.25, 0.3) is 11.8 Å². The SMILES string of the molecule is O=C(COC(=O)c1ccccc1NC(=O)c1ccccc1)NCc1ccccc1Cl. The average Bonchev–Trinajstić information content (AvgIpc) is 2.78. The molecule has 0 radical (unpaired) electrons. The highest BCUT2D eigenvalue weighted by atomic mass is 35.5. The molecule has 0 atom stereocenters. The van der Waals surface area contributed by atoms with Gasteiger partial charge >= 0.3 is 5.97 Å². The van der Waals surface area contributed by atoms with Crippen molar-refractivity contribution in [3.8, 4) is 0 Å². The van der Waals surface area contributed by atoms with Crippen LogP contribution in [0, 0.1) is 0 Å². The van der Waals surface area contributed by atoms with Crippen LogP contribution in [0.5, 0.6) is 0 Å². The Bertz CT molecular complexity index is 1050. The molecule has 0 aliphatic carbocycles. The maximum Gasteiger partial charge on any atom is 0.340 e. The Kier molecular flexibility index (Phi) is 7.19. The van der Waals surface area contributed by atoms with Crippen molar-refractivity contribution in [3.63, 3.8) is 0 Å². The molecule has 6 nitrogen and oxygen atoms in total. The lowest BCUT2D eigenvalue weighted by Crippen LogP contribution is -2.28. The van der Waals surface area contributed by atoms with Gasteiger partial charge in [-0.3, -0.25) is 9.59 Å². The maximum atomic E-state index is 12.4. The van der Waals surface area contributed by atoms with Crippen LogP contribution < -0.4 is 10.6 Å². The molecular weight excluding hydrogens is 404 g/mol. The third-order valence-electron chi connectivity index (χ3n) is 4.20. The predicted molar refractivity (Wildman–Crippen MR) is 114 cm³/mol. The zero-order valence-electron chi connectivity index (χ0n) is 15.9. The minimum atomic E-state index is -0.716. The van der Waals surface area contributed by atoms with Gasteiger partial charge in [-0.1, -0.05) is 60.1 Å². The molecule has 0 aromatic heterocycles. The Balaban J connectivity index is 1.57. The number of carbonyl (C=O) groups is 3. The molecule has 3 rings (SSSR count). The molecule has 0 bridgehead atoms. The van der Waals surface area contributed by atoms with Crippen LogP contribution in [0.2, 0.25) is 5.02 Å². The van der Waals surface area contributed by atoms with Gasteiger partial charge in [0.2, 0.25) is 0 Å². The fraction of sp³-hybridized carbons (Fsp3) is 0.0870. The number of para-hydroxylation sites is 1. The van der Waals surface area contributed by atoms with Crippen molar-refractivity contribution in [1.29, 1.82) is 0 Å². The van der Waals surface area contributed by atoms with E-state index in [1.807, 2.05) is 6.07 Å². The Morgan fingerprint density at radius 2 is 1.50 bits per heavy atom. The van der Waals surface area contributed by atoms with Gasteiger partial charge in [0.15, 0.2) is 6.61 Å². The van der Waals surface area contributed by atoms with Crippen LogP contribution >= 0.6 is 11.6 Å². The molecule has 0 aliphatic rings. The minimum absolute atomic E-state index is 0.153. The van der Waals surface area contributed by atoms with E-state index < -0.39 is 18.5 Å².